The van der Waals surface area contributed by atoms with E-state index in [0.717, 1.165) is 40.4 Å². The predicted molar refractivity (Wildman–Crippen MR) is 134 cm³/mol. The molecule has 0 bridgehead atoms. The fourth-order valence-corrected chi connectivity index (χ4v) is 3.84. The smallest absolute Gasteiger partial charge is 0.270 e. The van der Waals surface area contributed by atoms with Crippen LogP contribution in [0.4, 0.5) is 10.1 Å². The lowest BCUT2D eigenvalue weighted by molar-refractivity contribution is -0.118. The van der Waals surface area contributed by atoms with E-state index in [2.05, 4.69) is 26.9 Å². The summed E-state index contributed by atoms with van der Waals surface area (Å²) in [5.74, 6) is -1.46. The van der Waals surface area contributed by atoms with Crippen molar-refractivity contribution < 1.29 is 14.0 Å². The van der Waals surface area contributed by atoms with E-state index in [1.165, 1.54) is 18.0 Å². The zero-order valence-corrected chi connectivity index (χ0v) is 19.9. The van der Waals surface area contributed by atoms with Gasteiger partial charge in [0.25, 0.3) is 5.91 Å². The van der Waals surface area contributed by atoms with Gasteiger partial charge in [-0.05, 0) is 66.8 Å². The van der Waals surface area contributed by atoms with Crippen LogP contribution in [0.3, 0.4) is 0 Å². The van der Waals surface area contributed by atoms with Gasteiger partial charge >= 0.3 is 0 Å². The molecule has 1 heterocycles. The molecule has 3 rings (SSSR count). The van der Waals surface area contributed by atoms with Crippen LogP contribution in [0.25, 0.3) is 0 Å². The lowest BCUT2D eigenvalue weighted by Gasteiger charge is -2.19. The Hall–Kier alpha value is -3.65. The Labute approximate surface area is 203 Å². The molecule has 0 radical (unpaired) electrons. The molecule has 0 aliphatic carbocycles. The second-order valence-corrected chi connectivity index (χ2v) is 8.58. The Balaban J connectivity index is 1.74. The van der Waals surface area contributed by atoms with Gasteiger partial charge < -0.3 is 15.4 Å². The zero-order chi connectivity index (χ0) is 24.5. The van der Waals surface area contributed by atoms with Crippen LogP contribution in [-0.2, 0) is 11.2 Å². The van der Waals surface area contributed by atoms with E-state index in [0.29, 0.717) is 5.69 Å². The minimum Gasteiger partial charge on any atom is -0.339 e. The summed E-state index contributed by atoms with van der Waals surface area (Å²) in [6.45, 7) is 7.85. The lowest BCUT2D eigenvalue weighted by Crippen LogP contribution is -2.45. The fraction of sp³-hybridized carbons (Fsp3) is 0.192. The van der Waals surface area contributed by atoms with Gasteiger partial charge in [-0.15, -0.1) is 0 Å². The van der Waals surface area contributed by atoms with Crippen molar-refractivity contribution in [2.45, 2.75) is 37.6 Å². The fourth-order valence-electron chi connectivity index (χ4n) is 3.06. The molecule has 2 amide bonds. The highest BCUT2D eigenvalue weighted by Gasteiger charge is 2.23. The zero-order valence-electron chi connectivity index (χ0n) is 19.1. The summed E-state index contributed by atoms with van der Waals surface area (Å²) in [6, 6.07) is 16.7. The average Bonchev–Trinajstić information content (AvgIpc) is 2.84. The number of carbonyl (C=O) groups is 2. The number of carbonyl (C=O) groups excluding carboxylic acids is 2. The minimum atomic E-state index is -0.857. The van der Waals surface area contributed by atoms with Crippen molar-refractivity contribution in [1.82, 2.24) is 15.0 Å². The quantitative estimate of drug-likeness (QED) is 0.356. The van der Waals surface area contributed by atoms with Gasteiger partial charge in [0.05, 0.1) is 6.20 Å². The molecule has 0 spiro atoms. The first-order valence-corrected chi connectivity index (χ1v) is 11.7. The molecule has 0 aliphatic rings. The molecule has 176 valence electrons. The number of amides is 2. The number of rotatable bonds is 10. The van der Waals surface area contributed by atoms with Crippen molar-refractivity contribution in [2.75, 3.05) is 5.32 Å². The van der Waals surface area contributed by atoms with Gasteiger partial charge in [-0.3, -0.25) is 9.59 Å². The van der Waals surface area contributed by atoms with Crippen molar-refractivity contribution in [2.24, 2.45) is 0 Å². The Morgan fingerprint density at radius 3 is 2.53 bits per heavy atom. The van der Waals surface area contributed by atoms with Crippen LogP contribution in [0.5, 0.6) is 0 Å². The second-order valence-electron chi connectivity index (χ2n) is 7.70. The average molecular weight is 479 g/mol. The Bertz CT molecular complexity index is 1150. The summed E-state index contributed by atoms with van der Waals surface area (Å²) in [4.78, 5) is 30.7. The van der Waals surface area contributed by atoms with Crippen molar-refractivity contribution in [1.29, 1.82) is 0 Å². The molecule has 6 nitrogen and oxygen atoms in total. The number of anilines is 1. The number of hydrogen-bond donors (Lipinski definition) is 3. The highest BCUT2D eigenvalue weighted by molar-refractivity contribution is 7.97. The second kappa shape index (κ2) is 12.0. The van der Waals surface area contributed by atoms with Crippen LogP contribution in [0.1, 0.15) is 35.0 Å². The van der Waals surface area contributed by atoms with Crippen LogP contribution in [0.15, 0.2) is 84.0 Å². The molecule has 0 saturated carbocycles. The number of aryl methyl sites for hydroxylation is 1. The third-order valence-corrected chi connectivity index (χ3v) is 5.94. The Morgan fingerprint density at radius 1 is 1.12 bits per heavy atom. The number of pyridine rings is 1. The van der Waals surface area contributed by atoms with Crippen LogP contribution in [0, 0.1) is 12.7 Å². The Morgan fingerprint density at radius 2 is 1.88 bits per heavy atom. The van der Waals surface area contributed by atoms with E-state index in [9.17, 15) is 14.0 Å². The van der Waals surface area contributed by atoms with Gasteiger partial charge in [0.2, 0.25) is 5.91 Å². The molecule has 3 N–H and O–H groups in total. The molecule has 1 atom stereocenters. The number of aromatic nitrogens is 1. The van der Waals surface area contributed by atoms with Crippen LogP contribution < -0.4 is 15.4 Å². The molecule has 3 aromatic rings. The first-order chi connectivity index (χ1) is 16.4. The summed E-state index contributed by atoms with van der Waals surface area (Å²) < 4.78 is 16.4. The van der Waals surface area contributed by atoms with E-state index < -0.39 is 17.8 Å². The van der Waals surface area contributed by atoms with E-state index in [-0.39, 0.29) is 18.0 Å². The van der Waals surface area contributed by atoms with Crippen molar-refractivity contribution >= 4 is 29.4 Å². The normalized spacial score (nSPS) is 11.4. The molecular formula is C26H27FN4O2S. The monoisotopic (exact) mass is 478 g/mol. The van der Waals surface area contributed by atoms with E-state index in [4.69, 9.17) is 0 Å². The summed E-state index contributed by atoms with van der Waals surface area (Å²) in [7, 11) is 0. The number of nitrogens with zero attached hydrogens (tertiary/aromatic N) is 1. The third-order valence-electron chi connectivity index (χ3n) is 5.06. The summed E-state index contributed by atoms with van der Waals surface area (Å²) in [5, 5.41) is 5.65. The van der Waals surface area contributed by atoms with Gasteiger partial charge in [0.1, 0.15) is 17.6 Å². The van der Waals surface area contributed by atoms with Gasteiger partial charge in [0.15, 0.2) is 0 Å². The molecule has 2 aromatic carbocycles. The van der Waals surface area contributed by atoms with Gasteiger partial charge in [-0.1, -0.05) is 43.8 Å². The number of halogens is 1. The first-order valence-electron chi connectivity index (χ1n) is 10.8. The predicted octanol–water partition coefficient (Wildman–Crippen LogP) is 5.03. The molecular weight excluding hydrogens is 451 g/mol. The summed E-state index contributed by atoms with van der Waals surface area (Å²) in [5.41, 5.74) is 3.38. The van der Waals surface area contributed by atoms with Crippen LogP contribution >= 0.6 is 11.9 Å². The molecule has 1 unspecified atom stereocenters. The molecule has 8 heteroatoms. The van der Waals surface area contributed by atoms with E-state index in [1.54, 1.807) is 0 Å². The number of hydrogen-bond acceptors (Lipinski definition) is 5. The van der Waals surface area contributed by atoms with Crippen LogP contribution in [-0.4, -0.2) is 22.8 Å². The molecule has 0 aliphatic heterocycles. The summed E-state index contributed by atoms with van der Waals surface area (Å²) in [6.07, 6.45) is 2.09. The lowest BCUT2D eigenvalue weighted by atomic mass is 10.0. The first kappa shape index (κ1) is 25.0. The van der Waals surface area contributed by atoms with Gasteiger partial charge in [0, 0.05) is 22.7 Å². The minimum absolute atomic E-state index is 0.0333. The largest absolute Gasteiger partial charge is 0.339 e. The third kappa shape index (κ3) is 7.18. The highest BCUT2D eigenvalue weighted by atomic mass is 32.2. The number of nitrogens with one attached hydrogen (secondary N) is 3. The van der Waals surface area contributed by atoms with Crippen molar-refractivity contribution in [3.05, 3.63) is 102 Å². The SMILES string of the molecule is C=C(CC)NSc1ccc(NC(=O)C(Cc2ccccc2)NC(=O)c2ccc(F)cn2)c(C)c1. The topological polar surface area (TPSA) is 83.1 Å². The van der Waals surface area contributed by atoms with E-state index >= 15 is 0 Å². The van der Waals surface area contributed by atoms with Crippen molar-refractivity contribution in [3.63, 3.8) is 0 Å². The Kier molecular flexibility index (Phi) is 8.81. The van der Waals surface area contributed by atoms with Gasteiger partial charge in [-0.25, -0.2) is 9.37 Å². The standard InChI is InChI=1S/C26H27FN4O2S/c1-4-18(3)31-34-21-11-13-22(17(2)14-21)29-26(33)24(15-19-8-6-5-7-9-19)30-25(32)23-12-10-20(27)16-28-23/h5-14,16,24,31H,3-4,15H2,1-2H3,(H,29,33)(H,30,32). The number of benzene rings is 2. The molecule has 1 aromatic heterocycles. The maximum atomic E-state index is 13.2. The molecule has 0 fully saturated rings. The number of allylic oxidation sites excluding steroid dienone is 1. The van der Waals surface area contributed by atoms with Crippen LogP contribution in [0.2, 0.25) is 0 Å². The maximum Gasteiger partial charge on any atom is 0.270 e. The van der Waals surface area contributed by atoms with Crippen molar-refractivity contribution in [3.8, 4) is 0 Å². The van der Waals surface area contributed by atoms with E-state index in [1.807, 2.05) is 62.4 Å². The molecule has 34 heavy (non-hydrogen) atoms. The van der Waals surface area contributed by atoms with Gasteiger partial charge in [-0.2, -0.15) is 0 Å². The highest BCUT2D eigenvalue weighted by Crippen LogP contribution is 2.23. The maximum absolute atomic E-state index is 13.2. The summed E-state index contributed by atoms with van der Waals surface area (Å²) >= 11 is 1.46. The molecule has 0 saturated heterocycles.